The summed E-state index contributed by atoms with van der Waals surface area (Å²) in [4.78, 5) is 7.70. The van der Waals surface area contributed by atoms with E-state index in [1.807, 2.05) is 0 Å². The predicted molar refractivity (Wildman–Crippen MR) is 70.0 cm³/mol. The Morgan fingerprint density at radius 3 is 2.58 bits per heavy atom. The quantitative estimate of drug-likeness (QED) is 0.891. The third-order valence-corrected chi connectivity index (χ3v) is 2.69. The molecule has 1 heterocycles. The van der Waals surface area contributed by atoms with E-state index >= 15 is 0 Å². The van der Waals surface area contributed by atoms with Gasteiger partial charge in [-0.1, -0.05) is 18.2 Å². The van der Waals surface area contributed by atoms with Gasteiger partial charge >= 0.3 is 0 Å². The van der Waals surface area contributed by atoms with E-state index < -0.39 is 11.9 Å². The SMILES string of the molecule is CNc1ncc(F)c(NC(C)c2ccccc2F)n1. The summed E-state index contributed by atoms with van der Waals surface area (Å²) in [5, 5.41) is 5.55. The largest absolute Gasteiger partial charge is 0.361 e. The zero-order valence-electron chi connectivity index (χ0n) is 10.6. The fourth-order valence-electron chi connectivity index (χ4n) is 1.70. The van der Waals surface area contributed by atoms with Crippen molar-refractivity contribution in [3.8, 4) is 0 Å². The summed E-state index contributed by atoms with van der Waals surface area (Å²) in [5.74, 6) is -0.590. The molecule has 0 aliphatic heterocycles. The second-order valence-corrected chi connectivity index (χ2v) is 4.03. The van der Waals surface area contributed by atoms with Crippen LogP contribution in [0.1, 0.15) is 18.5 Å². The molecule has 0 spiro atoms. The third-order valence-electron chi connectivity index (χ3n) is 2.69. The number of rotatable bonds is 4. The van der Waals surface area contributed by atoms with Crippen LogP contribution in [0.25, 0.3) is 0 Å². The van der Waals surface area contributed by atoms with Crippen LogP contribution in [0.5, 0.6) is 0 Å². The summed E-state index contributed by atoms with van der Waals surface area (Å²) in [6.07, 6.45) is 1.06. The summed E-state index contributed by atoms with van der Waals surface area (Å²) in [7, 11) is 1.64. The maximum absolute atomic E-state index is 13.6. The van der Waals surface area contributed by atoms with Gasteiger partial charge in [0.05, 0.1) is 12.2 Å². The molecule has 0 aliphatic rings. The first-order valence-corrected chi connectivity index (χ1v) is 5.83. The fourth-order valence-corrected chi connectivity index (χ4v) is 1.70. The molecule has 2 N–H and O–H groups in total. The van der Waals surface area contributed by atoms with Crippen molar-refractivity contribution in [1.82, 2.24) is 9.97 Å². The van der Waals surface area contributed by atoms with Gasteiger partial charge in [0.25, 0.3) is 0 Å². The second-order valence-electron chi connectivity index (χ2n) is 4.03. The Balaban J connectivity index is 2.24. The molecular formula is C13H14F2N4. The lowest BCUT2D eigenvalue weighted by molar-refractivity contribution is 0.593. The number of aromatic nitrogens is 2. The maximum atomic E-state index is 13.6. The molecule has 1 aromatic carbocycles. The molecule has 0 aliphatic carbocycles. The van der Waals surface area contributed by atoms with E-state index in [1.54, 1.807) is 32.2 Å². The Morgan fingerprint density at radius 1 is 1.16 bits per heavy atom. The molecule has 2 rings (SSSR count). The first-order valence-electron chi connectivity index (χ1n) is 5.83. The maximum Gasteiger partial charge on any atom is 0.224 e. The number of hydrogen-bond donors (Lipinski definition) is 2. The van der Waals surface area contributed by atoms with Crippen LogP contribution in [0.4, 0.5) is 20.5 Å². The normalized spacial score (nSPS) is 12.0. The van der Waals surface area contributed by atoms with Crippen molar-refractivity contribution < 1.29 is 8.78 Å². The number of halogens is 2. The summed E-state index contributed by atoms with van der Waals surface area (Å²) in [6.45, 7) is 1.74. The first-order chi connectivity index (χ1) is 9.11. The van der Waals surface area contributed by atoms with Crippen LogP contribution in [-0.2, 0) is 0 Å². The van der Waals surface area contributed by atoms with E-state index in [1.165, 1.54) is 6.07 Å². The van der Waals surface area contributed by atoms with Gasteiger partial charge in [0, 0.05) is 12.6 Å². The van der Waals surface area contributed by atoms with E-state index in [0.29, 0.717) is 11.5 Å². The average Bonchev–Trinajstić information content (AvgIpc) is 2.41. The lowest BCUT2D eigenvalue weighted by Gasteiger charge is -2.16. The van der Waals surface area contributed by atoms with E-state index in [2.05, 4.69) is 20.6 Å². The summed E-state index contributed by atoms with van der Waals surface area (Å²) in [5.41, 5.74) is 0.450. The van der Waals surface area contributed by atoms with Crippen molar-refractivity contribution >= 4 is 11.8 Å². The molecule has 0 saturated heterocycles. The van der Waals surface area contributed by atoms with E-state index in [-0.39, 0.29) is 11.6 Å². The molecule has 4 nitrogen and oxygen atoms in total. The van der Waals surface area contributed by atoms with Gasteiger partial charge in [-0.25, -0.2) is 13.8 Å². The van der Waals surface area contributed by atoms with Crippen molar-refractivity contribution in [2.24, 2.45) is 0 Å². The van der Waals surface area contributed by atoms with Crippen molar-refractivity contribution in [3.63, 3.8) is 0 Å². The van der Waals surface area contributed by atoms with Gasteiger partial charge < -0.3 is 10.6 Å². The van der Waals surface area contributed by atoms with E-state index in [0.717, 1.165) is 6.20 Å². The number of anilines is 2. The topological polar surface area (TPSA) is 49.8 Å². The molecule has 1 aromatic heterocycles. The van der Waals surface area contributed by atoms with Crippen molar-refractivity contribution in [3.05, 3.63) is 47.7 Å². The van der Waals surface area contributed by atoms with Crippen LogP contribution in [0, 0.1) is 11.6 Å². The smallest absolute Gasteiger partial charge is 0.224 e. The van der Waals surface area contributed by atoms with Crippen molar-refractivity contribution in [2.45, 2.75) is 13.0 Å². The minimum atomic E-state index is -0.581. The Hall–Kier alpha value is -2.24. The zero-order chi connectivity index (χ0) is 13.8. The van der Waals surface area contributed by atoms with Gasteiger partial charge in [0.15, 0.2) is 11.6 Å². The Bertz CT molecular complexity index is 574. The van der Waals surface area contributed by atoms with Crippen LogP contribution in [-0.4, -0.2) is 17.0 Å². The standard InChI is InChI=1S/C13H14F2N4/c1-8(9-5-3-4-6-10(9)14)18-12-11(15)7-17-13(16-2)19-12/h3-8H,1-2H3,(H2,16,17,18,19). The molecule has 0 bridgehead atoms. The van der Waals surface area contributed by atoms with Gasteiger partial charge in [-0.2, -0.15) is 4.98 Å². The molecule has 1 atom stereocenters. The number of nitrogens with one attached hydrogen (secondary N) is 2. The summed E-state index contributed by atoms with van der Waals surface area (Å²) in [6, 6.07) is 5.94. The number of benzene rings is 1. The highest BCUT2D eigenvalue weighted by atomic mass is 19.1. The van der Waals surface area contributed by atoms with Gasteiger partial charge in [0.2, 0.25) is 5.95 Å². The number of nitrogens with zero attached hydrogens (tertiary/aromatic N) is 2. The lowest BCUT2D eigenvalue weighted by atomic mass is 10.1. The van der Waals surface area contributed by atoms with Crippen LogP contribution in [0.3, 0.4) is 0 Å². The molecule has 0 amide bonds. The molecular weight excluding hydrogens is 250 g/mol. The van der Waals surface area contributed by atoms with E-state index in [9.17, 15) is 8.78 Å². The molecule has 0 fully saturated rings. The minimum absolute atomic E-state index is 0.0371. The highest BCUT2D eigenvalue weighted by molar-refractivity contribution is 5.43. The van der Waals surface area contributed by atoms with Crippen LogP contribution >= 0.6 is 0 Å². The minimum Gasteiger partial charge on any atom is -0.361 e. The van der Waals surface area contributed by atoms with Gasteiger partial charge in [-0.3, -0.25) is 0 Å². The third kappa shape index (κ3) is 2.96. The molecule has 0 radical (unpaired) electrons. The van der Waals surface area contributed by atoms with Gasteiger partial charge in [-0.15, -0.1) is 0 Å². The van der Waals surface area contributed by atoms with E-state index in [4.69, 9.17) is 0 Å². The highest BCUT2D eigenvalue weighted by Gasteiger charge is 2.13. The van der Waals surface area contributed by atoms with Gasteiger partial charge in [-0.05, 0) is 13.0 Å². The fraction of sp³-hybridized carbons (Fsp3) is 0.231. The van der Waals surface area contributed by atoms with Crippen molar-refractivity contribution in [2.75, 3.05) is 17.7 Å². The van der Waals surface area contributed by atoms with Crippen molar-refractivity contribution in [1.29, 1.82) is 0 Å². The molecule has 6 heteroatoms. The second kappa shape index (κ2) is 5.60. The van der Waals surface area contributed by atoms with Crippen LogP contribution in [0.15, 0.2) is 30.5 Å². The molecule has 1 unspecified atom stereocenters. The Labute approximate surface area is 109 Å². The molecule has 0 saturated carbocycles. The van der Waals surface area contributed by atoms with Crippen LogP contribution in [0.2, 0.25) is 0 Å². The zero-order valence-corrected chi connectivity index (χ0v) is 10.6. The van der Waals surface area contributed by atoms with Crippen LogP contribution < -0.4 is 10.6 Å². The van der Waals surface area contributed by atoms with Gasteiger partial charge in [0.1, 0.15) is 5.82 Å². The predicted octanol–water partition coefficient (Wildman–Crippen LogP) is 2.97. The summed E-state index contributed by atoms with van der Waals surface area (Å²) >= 11 is 0. The average molecular weight is 264 g/mol. The molecule has 100 valence electrons. The molecule has 2 aromatic rings. The molecule has 19 heavy (non-hydrogen) atoms. The summed E-state index contributed by atoms with van der Waals surface area (Å²) < 4.78 is 27.2. The Morgan fingerprint density at radius 2 is 1.89 bits per heavy atom. The first kappa shape index (κ1) is 13.2. The Kier molecular flexibility index (Phi) is 3.89. The monoisotopic (exact) mass is 264 g/mol. The highest BCUT2D eigenvalue weighted by Crippen LogP contribution is 2.22. The number of hydrogen-bond acceptors (Lipinski definition) is 4. The lowest BCUT2D eigenvalue weighted by Crippen LogP contribution is -2.12.